The molecule has 8 nitrogen and oxygen atoms in total. The van der Waals surface area contributed by atoms with E-state index in [9.17, 15) is 4.79 Å². The zero-order chi connectivity index (χ0) is 35.3. The third kappa shape index (κ3) is 10.2. The maximum Gasteiger partial charge on any atom is 0.220 e. The van der Waals surface area contributed by atoms with Crippen molar-refractivity contribution >= 4 is 5.91 Å². The highest BCUT2D eigenvalue weighted by atomic mass is 16.5. The summed E-state index contributed by atoms with van der Waals surface area (Å²) in [5.41, 5.74) is 18.1. The Kier molecular flexibility index (Phi) is 17.1. The normalized spacial score (nSPS) is 36.1. The van der Waals surface area contributed by atoms with Gasteiger partial charge in [-0.3, -0.25) is 4.79 Å². The first-order valence-electron chi connectivity index (χ1n) is 21.0. The minimum absolute atomic E-state index is 0.0609. The van der Waals surface area contributed by atoms with E-state index in [1.807, 2.05) is 0 Å². The van der Waals surface area contributed by atoms with Crippen LogP contribution >= 0.6 is 0 Å². The first kappa shape index (κ1) is 41.0. The molecule has 4 aliphatic rings. The summed E-state index contributed by atoms with van der Waals surface area (Å²) < 4.78 is 20.3. The highest BCUT2D eigenvalue weighted by Gasteiger charge is 2.66. The van der Waals surface area contributed by atoms with E-state index in [0.717, 1.165) is 84.2 Å². The lowest BCUT2D eigenvalue weighted by Gasteiger charge is -2.65. The van der Waals surface area contributed by atoms with Gasteiger partial charge in [0.2, 0.25) is 5.91 Å². The molecule has 1 amide bonds. The minimum atomic E-state index is 0.0609. The Labute approximate surface area is 300 Å². The van der Waals surface area contributed by atoms with Crippen molar-refractivity contribution in [2.24, 2.45) is 63.5 Å². The molecule has 7 N–H and O–H groups in total. The molecule has 4 aliphatic carbocycles. The van der Waals surface area contributed by atoms with Gasteiger partial charge in [0.15, 0.2) is 0 Å². The first-order valence-corrected chi connectivity index (χ1v) is 21.0. The molecule has 4 saturated carbocycles. The predicted molar refractivity (Wildman–Crippen MR) is 201 cm³/mol. The molecule has 0 spiro atoms. The van der Waals surface area contributed by atoms with Crippen molar-refractivity contribution in [1.82, 2.24) is 5.32 Å². The molecule has 0 aromatic rings. The average Bonchev–Trinajstić information content (AvgIpc) is 3.45. The zero-order valence-corrected chi connectivity index (χ0v) is 32.2. The van der Waals surface area contributed by atoms with E-state index in [-0.39, 0.29) is 28.9 Å². The van der Waals surface area contributed by atoms with Crippen LogP contribution in [0.4, 0.5) is 0 Å². The third-order valence-electron chi connectivity index (χ3n) is 14.2. The molecule has 1 unspecified atom stereocenters. The molecule has 286 valence electrons. The molecule has 8 heteroatoms. The molecule has 0 heterocycles. The smallest absolute Gasteiger partial charge is 0.220 e. The Balaban J connectivity index is 1.49. The fourth-order valence-corrected chi connectivity index (χ4v) is 11.4. The standard InChI is InChI=1S/C41H78N4O4/c1-5-6-7-8-9-10-23-45-38(46)17-14-30(2)33-15-16-34-39-35(29-37(41(33,34)4)49-26-13-22-44)40(3)19-18-32(47-24-11-20-42)27-31(40)28-36(39)48-25-12-21-43/h30-37,39H,5-29,42-44H2,1-4H3,(H,45,46)/t30-,31+,32-,33-,34+,35+,36-,37?,39+,40+,41-/m1/s1. The third-order valence-corrected chi connectivity index (χ3v) is 14.2. The van der Waals surface area contributed by atoms with Gasteiger partial charge in [0.25, 0.3) is 0 Å². The van der Waals surface area contributed by atoms with Crippen molar-refractivity contribution in [2.45, 2.75) is 162 Å². The van der Waals surface area contributed by atoms with Gasteiger partial charge in [0.05, 0.1) is 18.3 Å². The molecule has 0 bridgehead atoms. The number of rotatable bonds is 23. The van der Waals surface area contributed by atoms with Crippen molar-refractivity contribution in [3.05, 3.63) is 0 Å². The molecule has 0 aromatic heterocycles. The first-order chi connectivity index (χ1) is 23.7. The van der Waals surface area contributed by atoms with Crippen molar-refractivity contribution in [3.8, 4) is 0 Å². The number of unbranched alkanes of at least 4 members (excludes halogenated alkanes) is 5. The SMILES string of the molecule is CCCCCCCCNC(=O)CC[C@@H](C)[C@H]1CC[C@H]2[C@@H]3[C@H](OCCCN)C[C@@H]4C[C@H](OCCCN)CC[C@]4(C)[C@H]3CC(OCCCN)[C@]12C. The number of hydrogen-bond acceptors (Lipinski definition) is 7. The van der Waals surface area contributed by atoms with Gasteiger partial charge in [-0.25, -0.2) is 0 Å². The fraction of sp³-hybridized carbons (Fsp3) is 0.976. The van der Waals surface area contributed by atoms with E-state index >= 15 is 0 Å². The molecule has 0 radical (unpaired) electrons. The Hall–Kier alpha value is -0.770. The van der Waals surface area contributed by atoms with Gasteiger partial charge in [-0.15, -0.1) is 0 Å². The summed E-state index contributed by atoms with van der Waals surface area (Å²) in [4.78, 5) is 12.9. The second-order valence-electron chi connectivity index (χ2n) is 17.1. The van der Waals surface area contributed by atoms with Gasteiger partial charge in [0, 0.05) is 38.2 Å². The number of nitrogens with one attached hydrogen (secondary N) is 1. The van der Waals surface area contributed by atoms with Gasteiger partial charge in [-0.05, 0) is 138 Å². The second kappa shape index (κ2) is 20.5. The van der Waals surface area contributed by atoms with Crippen LogP contribution in [0.1, 0.15) is 143 Å². The highest BCUT2D eigenvalue weighted by molar-refractivity contribution is 5.75. The van der Waals surface area contributed by atoms with Crippen LogP contribution in [-0.2, 0) is 19.0 Å². The summed E-state index contributed by atoms with van der Waals surface area (Å²) in [5.74, 6) is 3.48. The number of ether oxygens (including phenoxy) is 3. The molecule has 11 atom stereocenters. The van der Waals surface area contributed by atoms with E-state index in [0.29, 0.717) is 67.7 Å². The number of amides is 1. The van der Waals surface area contributed by atoms with E-state index < -0.39 is 0 Å². The topological polar surface area (TPSA) is 135 Å². The van der Waals surface area contributed by atoms with Crippen LogP contribution in [0.3, 0.4) is 0 Å². The second-order valence-corrected chi connectivity index (χ2v) is 17.1. The molecule has 0 saturated heterocycles. The van der Waals surface area contributed by atoms with Crippen molar-refractivity contribution in [2.75, 3.05) is 46.0 Å². The number of carbonyl (C=O) groups excluding carboxylic acids is 1. The maximum absolute atomic E-state index is 12.9. The zero-order valence-electron chi connectivity index (χ0n) is 32.2. The highest BCUT2D eigenvalue weighted by Crippen LogP contribution is 2.69. The summed E-state index contributed by atoms with van der Waals surface area (Å²) >= 11 is 0. The van der Waals surface area contributed by atoms with E-state index in [2.05, 4.69) is 33.0 Å². The van der Waals surface area contributed by atoms with Crippen LogP contribution in [0.2, 0.25) is 0 Å². The Bertz CT molecular complexity index is 954. The predicted octanol–water partition coefficient (Wildman–Crippen LogP) is 6.96. The van der Waals surface area contributed by atoms with Crippen LogP contribution in [0, 0.1) is 46.3 Å². The molecule has 4 rings (SSSR count). The van der Waals surface area contributed by atoms with Gasteiger partial charge in [-0.1, -0.05) is 59.8 Å². The maximum atomic E-state index is 12.9. The fourth-order valence-electron chi connectivity index (χ4n) is 11.4. The summed E-state index contributed by atoms with van der Waals surface area (Å²) in [7, 11) is 0. The van der Waals surface area contributed by atoms with Crippen LogP contribution in [0.15, 0.2) is 0 Å². The molecule has 0 aliphatic heterocycles. The minimum Gasteiger partial charge on any atom is -0.378 e. The summed E-state index contributed by atoms with van der Waals surface area (Å²) in [6.07, 6.45) is 20.8. The summed E-state index contributed by atoms with van der Waals surface area (Å²) in [6, 6.07) is 0. The quantitative estimate of drug-likeness (QED) is 0.0852. The summed E-state index contributed by atoms with van der Waals surface area (Å²) in [6.45, 7) is 14.9. The Morgan fingerprint density at radius 3 is 2.18 bits per heavy atom. The lowest BCUT2D eigenvalue weighted by molar-refractivity contribution is -0.227. The summed E-state index contributed by atoms with van der Waals surface area (Å²) in [5, 5.41) is 3.23. The van der Waals surface area contributed by atoms with Crippen LogP contribution in [0.5, 0.6) is 0 Å². The molecular formula is C41H78N4O4. The lowest BCUT2D eigenvalue weighted by Crippen LogP contribution is -2.63. The van der Waals surface area contributed by atoms with Crippen molar-refractivity contribution in [1.29, 1.82) is 0 Å². The van der Waals surface area contributed by atoms with Crippen molar-refractivity contribution < 1.29 is 19.0 Å². The lowest BCUT2D eigenvalue weighted by atomic mass is 9.43. The van der Waals surface area contributed by atoms with Gasteiger partial charge < -0.3 is 36.7 Å². The molecule has 4 fully saturated rings. The number of fused-ring (bicyclic) bond motifs is 5. The number of carbonyl (C=O) groups is 1. The Morgan fingerprint density at radius 2 is 1.47 bits per heavy atom. The van der Waals surface area contributed by atoms with Gasteiger partial charge in [0.1, 0.15) is 0 Å². The Morgan fingerprint density at radius 1 is 0.796 bits per heavy atom. The van der Waals surface area contributed by atoms with Crippen molar-refractivity contribution in [3.63, 3.8) is 0 Å². The van der Waals surface area contributed by atoms with Gasteiger partial charge >= 0.3 is 0 Å². The number of hydrogen-bond donors (Lipinski definition) is 4. The van der Waals surface area contributed by atoms with Crippen LogP contribution in [-0.4, -0.2) is 70.2 Å². The van der Waals surface area contributed by atoms with Gasteiger partial charge in [-0.2, -0.15) is 0 Å². The monoisotopic (exact) mass is 691 g/mol. The van der Waals surface area contributed by atoms with E-state index in [4.69, 9.17) is 31.4 Å². The van der Waals surface area contributed by atoms with Crippen LogP contribution < -0.4 is 22.5 Å². The van der Waals surface area contributed by atoms with E-state index in [1.54, 1.807) is 0 Å². The van der Waals surface area contributed by atoms with E-state index in [1.165, 1.54) is 51.4 Å². The largest absolute Gasteiger partial charge is 0.378 e. The molecule has 0 aromatic carbocycles. The molecular weight excluding hydrogens is 612 g/mol. The molecule has 49 heavy (non-hydrogen) atoms. The number of nitrogens with two attached hydrogens (primary N) is 3. The van der Waals surface area contributed by atoms with Crippen LogP contribution in [0.25, 0.3) is 0 Å². The average molecular weight is 691 g/mol.